The van der Waals surface area contributed by atoms with Crippen LogP contribution in [0.25, 0.3) is 0 Å². The summed E-state index contributed by atoms with van der Waals surface area (Å²) in [6.07, 6.45) is 2.52. The van der Waals surface area contributed by atoms with Crippen molar-refractivity contribution in [1.29, 1.82) is 0 Å². The van der Waals surface area contributed by atoms with E-state index in [2.05, 4.69) is 39.3 Å². The lowest BCUT2D eigenvalue weighted by Gasteiger charge is -2.19. The summed E-state index contributed by atoms with van der Waals surface area (Å²) in [5, 5.41) is 7.45. The van der Waals surface area contributed by atoms with Gasteiger partial charge in [0.1, 0.15) is 0 Å². The Bertz CT molecular complexity index is 565. The molecule has 0 aromatic carbocycles. The van der Waals surface area contributed by atoms with Crippen LogP contribution in [-0.4, -0.2) is 25.9 Å². The zero-order chi connectivity index (χ0) is 13.9. The van der Waals surface area contributed by atoms with Gasteiger partial charge in [-0.1, -0.05) is 19.0 Å². The van der Waals surface area contributed by atoms with Crippen molar-refractivity contribution >= 4 is 11.8 Å². The highest BCUT2D eigenvalue weighted by atomic mass is 32.2. The molecular formula is C13H19N5OS. The third-order valence-corrected chi connectivity index (χ3v) is 4.56. The third kappa shape index (κ3) is 3.04. The number of hydrogen-bond acceptors (Lipinski definition) is 6. The average molecular weight is 293 g/mol. The largest absolute Gasteiger partial charge is 0.347 e. The van der Waals surface area contributed by atoms with E-state index in [0.29, 0.717) is 11.8 Å². The molecule has 6 nitrogen and oxygen atoms in total. The summed E-state index contributed by atoms with van der Waals surface area (Å²) in [5.74, 6) is 4.05. The molecule has 2 N–H and O–H groups in total. The van der Waals surface area contributed by atoms with Crippen LogP contribution in [0.5, 0.6) is 0 Å². The highest BCUT2D eigenvalue weighted by molar-refractivity contribution is 7.98. The minimum absolute atomic E-state index is 0.0714. The maximum Gasteiger partial charge on any atom is 0.244 e. The van der Waals surface area contributed by atoms with E-state index in [9.17, 15) is 0 Å². The van der Waals surface area contributed by atoms with Crippen molar-refractivity contribution in [3.05, 3.63) is 29.4 Å². The van der Waals surface area contributed by atoms with Gasteiger partial charge in [-0.15, -0.1) is 0 Å². The van der Waals surface area contributed by atoms with Gasteiger partial charge in [0.05, 0.1) is 29.5 Å². The van der Waals surface area contributed by atoms with E-state index < -0.39 is 0 Å². The summed E-state index contributed by atoms with van der Waals surface area (Å²) in [7, 11) is 0. The van der Waals surface area contributed by atoms with Gasteiger partial charge in [-0.3, -0.25) is 5.32 Å². The highest BCUT2D eigenvalue weighted by Crippen LogP contribution is 2.23. The quantitative estimate of drug-likeness (QED) is 0.878. The van der Waals surface area contributed by atoms with E-state index in [0.717, 1.165) is 41.7 Å². The van der Waals surface area contributed by atoms with E-state index in [1.165, 1.54) is 0 Å². The van der Waals surface area contributed by atoms with Gasteiger partial charge in [-0.25, -0.2) is 4.98 Å². The molecule has 3 heterocycles. The first kappa shape index (κ1) is 13.6. The lowest BCUT2D eigenvalue weighted by Crippen LogP contribution is -2.28. The van der Waals surface area contributed by atoms with E-state index in [4.69, 9.17) is 4.52 Å². The Kier molecular flexibility index (Phi) is 4.07. The number of hydrogen-bond donors (Lipinski definition) is 2. The number of fused-ring (bicyclic) bond motifs is 1. The first-order valence-corrected chi connectivity index (χ1v) is 8.02. The molecule has 3 rings (SSSR count). The van der Waals surface area contributed by atoms with Crippen LogP contribution in [-0.2, 0) is 18.7 Å². The summed E-state index contributed by atoms with van der Waals surface area (Å²) < 4.78 is 5.38. The van der Waals surface area contributed by atoms with Gasteiger partial charge in [-0.05, 0) is 11.7 Å². The van der Waals surface area contributed by atoms with Crippen molar-refractivity contribution in [2.75, 3.05) is 5.75 Å². The first-order chi connectivity index (χ1) is 9.72. The second-order valence-electron chi connectivity index (χ2n) is 5.42. The van der Waals surface area contributed by atoms with Gasteiger partial charge >= 0.3 is 0 Å². The molecule has 1 atom stereocenters. The summed E-state index contributed by atoms with van der Waals surface area (Å²) in [6, 6.07) is 0.0714. The normalized spacial score (nSPS) is 18.4. The number of nitrogens with one attached hydrogen (secondary N) is 2. The van der Waals surface area contributed by atoms with Crippen LogP contribution in [0.3, 0.4) is 0 Å². The molecule has 0 spiro atoms. The standard InChI is InChI=1S/C13H19N5OS/c1-8(2)5-20-6-12-17-13(19-18-12)10-3-9-11(4-14-10)16-7-15-9/h7-8,10,14H,3-6H2,1-2H3,(H,15,16). The topological polar surface area (TPSA) is 79.6 Å². The molecule has 0 bridgehead atoms. The number of imidazole rings is 1. The summed E-state index contributed by atoms with van der Waals surface area (Å²) in [5.41, 5.74) is 2.23. The molecule has 0 aliphatic carbocycles. The zero-order valence-electron chi connectivity index (χ0n) is 11.7. The fourth-order valence-corrected chi connectivity index (χ4v) is 3.09. The molecule has 1 unspecified atom stereocenters. The van der Waals surface area contributed by atoms with Crippen molar-refractivity contribution in [3.63, 3.8) is 0 Å². The lowest BCUT2D eigenvalue weighted by atomic mass is 10.1. The van der Waals surface area contributed by atoms with Crippen molar-refractivity contribution in [2.24, 2.45) is 5.92 Å². The summed E-state index contributed by atoms with van der Waals surface area (Å²) >= 11 is 1.84. The van der Waals surface area contributed by atoms with Crippen LogP contribution in [0.2, 0.25) is 0 Å². The first-order valence-electron chi connectivity index (χ1n) is 6.87. The Morgan fingerprint density at radius 1 is 1.50 bits per heavy atom. The molecule has 1 aliphatic rings. The van der Waals surface area contributed by atoms with Crippen LogP contribution in [0.1, 0.15) is 43.0 Å². The maximum absolute atomic E-state index is 5.38. The number of aromatic nitrogens is 4. The van der Waals surface area contributed by atoms with Gasteiger partial charge in [0.15, 0.2) is 5.82 Å². The molecule has 0 saturated heterocycles. The van der Waals surface area contributed by atoms with Crippen molar-refractivity contribution in [3.8, 4) is 0 Å². The monoisotopic (exact) mass is 293 g/mol. The number of aromatic amines is 1. The highest BCUT2D eigenvalue weighted by Gasteiger charge is 2.25. The molecule has 0 radical (unpaired) electrons. The van der Waals surface area contributed by atoms with Crippen molar-refractivity contribution in [1.82, 2.24) is 25.4 Å². The molecule has 2 aromatic rings. The fourth-order valence-electron chi connectivity index (χ4n) is 2.20. The second-order valence-corrected chi connectivity index (χ2v) is 6.45. The van der Waals surface area contributed by atoms with Gasteiger partial charge in [-0.2, -0.15) is 16.7 Å². The molecule has 0 saturated carbocycles. The minimum atomic E-state index is 0.0714. The van der Waals surface area contributed by atoms with Gasteiger partial charge in [0, 0.05) is 13.0 Å². The molecular weight excluding hydrogens is 274 g/mol. The van der Waals surface area contributed by atoms with Gasteiger partial charge < -0.3 is 9.51 Å². The van der Waals surface area contributed by atoms with Gasteiger partial charge in [0.2, 0.25) is 5.89 Å². The summed E-state index contributed by atoms with van der Waals surface area (Å²) in [6.45, 7) is 5.18. The average Bonchev–Trinajstić information content (AvgIpc) is 3.05. The van der Waals surface area contributed by atoms with Crippen LogP contribution in [0.4, 0.5) is 0 Å². The number of thioether (sulfide) groups is 1. The Balaban J connectivity index is 1.60. The molecule has 7 heteroatoms. The molecule has 0 amide bonds. The van der Waals surface area contributed by atoms with Crippen molar-refractivity contribution < 1.29 is 4.52 Å². The van der Waals surface area contributed by atoms with Gasteiger partial charge in [0.25, 0.3) is 0 Å². The predicted octanol–water partition coefficient (Wildman–Crippen LogP) is 2.07. The Morgan fingerprint density at radius 3 is 3.25 bits per heavy atom. The fraction of sp³-hybridized carbons (Fsp3) is 0.615. The lowest BCUT2D eigenvalue weighted by molar-refractivity contribution is 0.317. The number of nitrogens with zero attached hydrogens (tertiary/aromatic N) is 3. The third-order valence-electron chi connectivity index (χ3n) is 3.19. The number of rotatable bonds is 5. The Hall–Kier alpha value is -1.34. The zero-order valence-corrected chi connectivity index (χ0v) is 12.5. The minimum Gasteiger partial charge on any atom is -0.347 e. The Labute approximate surface area is 122 Å². The molecule has 0 fully saturated rings. The van der Waals surface area contributed by atoms with Crippen molar-refractivity contribution in [2.45, 2.75) is 38.6 Å². The van der Waals surface area contributed by atoms with E-state index >= 15 is 0 Å². The van der Waals surface area contributed by atoms with Crippen LogP contribution in [0.15, 0.2) is 10.9 Å². The second kappa shape index (κ2) is 5.97. The predicted molar refractivity (Wildman–Crippen MR) is 77.2 cm³/mol. The smallest absolute Gasteiger partial charge is 0.244 e. The van der Waals surface area contributed by atoms with Crippen LogP contribution >= 0.6 is 11.8 Å². The van der Waals surface area contributed by atoms with Crippen LogP contribution in [0, 0.1) is 5.92 Å². The van der Waals surface area contributed by atoms with E-state index in [-0.39, 0.29) is 6.04 Å². The SMILES string of the molecule is CC(C)CSCc1noc(C2Cc3nc[nH]c3CN2)n1. The maximum atomic E-state index is 5.38. The molecule has 20 heavy (non-hydrogen) atoms. The summed E-state index contributed by atoms with van der Waals surface area (Å²) in [4.78, 5) is 11.9. The molecule has 1 aliphatic heterocycles. The number of H-pyrrole nitrogens is 1. The van der Waals surface area contributed by atoms with Crippen LogP contribution < -0.4 is 5.32 Å². The van der Waals surface area contributed by atoms with E-state index in [1.54, 1.807) is 6.33 Å². The molecule has 2 aromatic heterocycles. The Morgan fingerprint density at radius 2 is 2.40 bits per heavy atom. The molecule has 108 valence electrons. The van der Waals surface area contributed by atoms with E-state index in [1.807, 2.05) is 11.8 Å².